The fraction of sp³-hybridized carbons (Fsp3) is 0.727. The number of rotatable bonds is 14. The maximum atomic E-state index is 12.5. The molecule has 2 bridgehead atoms. The molecule has 0 aromatic heterocycles. The first kappa shape index (κ1) is 28.8. The predicted octanol–water partition coefficient (Wildman–Crippen LogP) is 5.76. The number of likely N-dealkylation sites (tertiary alicyclic amines) is 1. The highest BCUT2D eigenvalue weighted by molar-refractivity contribution is 5.65. The van der Waals surface area contributed by atoms with Crippen molar-refractivity contribution < 1.29 is 34.0 Å². The van der Waals surface area contributed by atoms with E-state index in [0.29, 0.717) is 55.3 Å². The van der Waals surface area contributed by atoms with Crippen molar-refractivity contribution in [2.24, 2.45) is 5.92 Å². The molecule has 1 saturated heterocycles. The van der Waals surface area contributed by atoms with Crippen molar-refractivity contribution >= 4 is 6.16 Å². The van der Waals surface area contributed by atoms with Gasteiger partial charge in [0.05, 0.1) is 12.2 Å². The van der Waals surface area contributed by atoms with E-state index in [9.17, 15) is 15.0 Å². The fourth-order valence-corrected chi connectivity index (χ4v) is 8.13. The quantitative estimate of drug-likeness (QED) is 0.126. The molecule has 2 N–H and O–H groups in total. The Labute approximate surface area is 244 Å². The molecule has 3 fully saturated rings. The monoisotopic (exact) mass is 569 g/mol. The van der Waals surface area contributed by atoms with Crippen molar-refractivity contribution in [1.82, 2.24) is 4.90 Å². The number of ether oxygens (including phenoxy) is 4. The van der Waals surface area contributed by atoms with Gasteiger partial charge in [-0.2, -0.15) is 0 Å². The number of unbranched alkanes of at least 4 members (excludes halogenated alkanes) is 7. The maximum Gasteiger partial charge on any atom is 0.511 e. The molecule has 226 valence electrons. The molecular formula is C33H47NO7. The molecule has 2 heterocycles. The molecule has 41 heavy (non-hydrogen) atoms. The zero-order valence-electron chi connectivity index (χ0n) is 24.6. The molecule has 3 aliphatic carbocycles. The number of benzene rings is 1. The zero-order chi connectivity index (χ0) is 28.7. The normalized spacial score (nSPS) is 31.4. The summed E-state index contributed by atoms with van der Waals surface area (Å²) in [7, 11) is 0. The van der Waals surface area contributed by atoms with Crippen LogP contribution in [0.15, 0.2) is 24.3 Å². The van der Waals surface area contributed by atoms with Crippen molar-refractivity contribution in [3.05, 3.63) is 35.4 Å². The number of carbonyl (C=O) groups is 1. The Balaban J connectivity index is 1.10. The number of nitrogens with zero attached hydrogens (tertiary/aromatic N) is 1. The lowest BCUT2D eigenvalue weighted by Crippen LogP contribution is -2.79. The summed E-state index contributed by atoms with van der Waals surface area (Å²) in [4.78, 5) is 14.6. The molecule has 1 spiro atoms. The van der Waals surface area contributed by atoms with E-state index in [2.05, 4.69) is 18.4 Å². The maximum absolute atomic E-state index is 12.5. The van der Waals surface area contributed by atoms with E-state index in [1.807, 2.05) is 12.1 Å². The SMILES string of the molecule is C=C1CC[C@@]2(O)C3Cc4ccc(OCOC(=O)OCCCCCCCCCC)c5c4[C@@]2(CCN3CC2CC2)[C@@]1(O)O5. The Bertz CT molecular complexity index is 1150. The number of piperidine rings is 1. The third kappa shape index (κ3) is 4.84. The first-order chi connectivity index (χ1) is 19.8. The van der Waals surface area contributed by atoms with Gasteiger partial charge in [-0.3, -0.25) is 4.90 Å². The van der Waals surface area contributed by atoms with Crippen LogP contribution >= 0.6 is 0 Å². The minimum absolute atomic E-state index is 0.0792. The fourth-order valence-electron chi connectivity index (χ4n) is 8.13. The van der Waals surface area contributed by atoms with Gasteiger partial charge >= 0.3 is 6.16 Å². The molecule has 4 atom stereocenters. The van der Waals surface area contributed by atoms with Gasteiger partial charge in [0, 0.05) is 18.2 Å². The van der Waals surface area contributed by atoms with E-state index in [0.717, 1.165) is 43.5 Å². The molecule has 1 aromatic carbocycles. The third-order valence-electron chi connectivity index (χ3n) is 10.5. The molecule has 0 amide bonds. The van der Waals surface area contributed by atoms with Crippen LogP contribution in [-0.2, 0) is 21.3 Å². The second-order valence-corrected chi connectivity index (χ2v) is 13.0. The van der Waals surface area contributed by atoms with Gasteiger partial charge in [-0.25, -0.2) is 4.79 Å². The van der Waals surface area contributed by atoms with Crippen LogP contribution in [0.3, 0.4) is 0 Å². The second kappa shape index (κ2) is 11.4. The van der Waals surface area contributed by atoms with Crippen molar-refractivity contribution in [3.8, 4) is 11.5 Å². The number of aliphatic hydroxyl groups is 2. The molecule has 8 heteroatoms. The van der Waals surface area contributed by atoms with Crippen molar-refractivity contribution in [2.75, 3.05) is 26.5 Å². The van der Waals surface area contributed by atoms with Gasteiger partial charge in [-0.15, -0.1) is 0 Å². The van der Waals surface area contributed by atoms with Gasteiger partial charge in [0.15, 0.2) is 11.5 Å². The molecule has 5 aliphatic rings. The van der Waals surface area contributed by atoms with Gasteiger partial charge in [-0.05, 0) is 74.6 Å². The third-order valence-corrected chi connectivity index (χ3v) is 10.5. The van der Waals surface area contributed by atoms with E-state index in [-0.39, 0.29) is 12.8 Å². The van der Waals surface area contributed by atoms with Crippen molar-refractivity contribution in [1.29, 1.82) is 0 Å². The molecule has 0 radical (unpaired) electrons. The zero-order valence-corrected chi connectivity index (χ0v) is 24.6. The smallest absolute Gasteiger partial charge is 0.453 e. The predicted molar refractivity (Wildman–Crippen MR) is 154 cm³/mol. The van der Waals surface area contributed by atoms with Crippen molar-refractivity contribution in [2.45, 2.75) is 120 Å². The summed E-state index contributed by atoms with van der Waals surface area (Å²) in [6.07, 6.45) is 13.4. The molecule has 2 saturated carbocycles. The summed E-state index contributed by atoms with van der Waals surface area (Å²) < 4.78 is 22.7. The van der Waals surface area contributed by atoms with E-state index in [1.165, 1.54) is 44.9 Å². The highest BCUT2D eigenvalue weighted by Crippen LogP contribution is 2.69. The van der Waals surface area contributed by atoms with Crippen LogP contribution in [0.2, 0.25) is 0 Å². The molecule has 8 nitrogen and oxygen atoms in total. The lowest BCUT2D eigenvalue weighted by atomic mass is 9.47. The molecular weight excluding hydrogens is 522 g/mol. The first-order valence-electron chi connectivity index (χ1n) is 16.0. The Hall–Kier alpha value is -2.29. The lowest BCUT2D eigenvalue weighted by Gasteiger charge is -2.65. The van der Waals surface area contributed by atoms with E-state index >= 15 is 0 Å². The van der Waals surface area contributed by atoms with Crippen LogP contribution in [0.5, 0.6) is 11.5 Å². The van der Waals surface area contributed by atoms with Crippen LogP contribution < -0.4 is 9.47 Å². The summed E-state index contributed by atoms with van der Waals surface area (Å²) in [6, 6.07) is 3.75. The topological polar surface area (TPSA) is 97.7 Å². The van der Waals surface area contributed by atoms with E-state index < -0.39 is 23.0 Å². The summed E-state index contributed by atoms with van der Waals surface area (Å²) in [5, 5.41) is 24.6. The Morgan fingerprint density at radius 3 is 2.59 bits per heavy atom. The van der Waals surface area contributed by atoms with Gasteiger partial charge in [0.25, 0.3) is 0 Å². The second-order valence-electron chi connectivity index (χ2n) is 13.0. The van der Waals surface area contributed by atoms with Crippen LogP contribution in [0, 0.1) is 5.92 Å². The molecule has 6 rings (SSSR count). The van der Waals surface area contributed by atoms with E-state index in [1.54, 1.807) is 0 Å². The Kier molecular flexibility index (Phi) is 8.02. The van der Waals surface area contributed by atoms with Crippen molar-refractivity contribution in [3.63, 3.8) is 0 Å². The summed E-state index contributed by atoms with van der Waals surface area (Å²) in [5.74, 6) is -0.191. The highest BCUT2D eigenvalue weighted by Gasteiger charge is 2.78. The molecule has 1 aromatic rings. The van der Waals surface area contributed by atoms with Crippen LogP contribution in [0.25, 0.3) is 0 Å². The largest absolute Gasteiger partial charge is 0.511 e. The van der Waals surface area contributed by atoms with Gasteiger partial charge in [0.2, 0.25) is 12.6 Å². The minimum Gasteiger partial charge on any atom is -0.453 e. The van der Waals surface area contributed by atoms with E-state index in [4.69, 9.17) is 18.9 Å². The minimum atomic E-state index is -1.71. The van der Waals surface area contributed by atoms with Gasteiger partial charge < -0.3 is 29.2 Å². The molecule has 1 unspecified atom stereocenters. The summed E-state index contributed by atoms with van der Waals surface area (Å²) >= 11 is 0. The summed E-state index contributed by atoms with van der Waals surface area (Å²) in [5.41, 5.74) is 0.354. The highest BCUT2D eigenvalue weighted by atomic mass is 16.8. The Morgan fingerprint density at radius 2 is 1.83 bits per heavy atom. The lowest BCUT2D eigenvalue weighted by molar-refractivity contribution is -0.262. The molecule has 2 aliphatic heterocycles. The van der Waals surface area contributed by atoms with Gasteiger partial charge in [-0.1, -0.05) is 64.5 Å². The number of hydrogen-bond acceptors (Lipinski definition) is 8. The number of hydrogen-bond donors (Lipinski definition) is 2. The Morgan fingerprint density at radius 1 is 1.07 bits per heavy atom. The van der Waals surface area contributed by atoms with Gasteiger partial charge in [0.1, 0.15) is 5.41 Å². The standard InChI is InChI=1S/C33H47NO7/c1-3-4-5-6-7-8-9-10-19-38-30(35)40-22-39-26-14-13-25-20-27-32(36)16-15-23(2)33(37)31(32,28(25)29(26)41-33)17-18-34(27)21-24-11-12-24/h13-14,24,27,36-37H,2-12,15-22H2,1H3/t27?,31-,32-,33+/m1/s1. The van der Waals surface area contributed by atoms with Crippen LogP contribution in [0.4, 0.5) is 4.79 Å². The summed E-state index contributed by atoms with van der Waals surface area (Å²) in [6.45, 7) is 8.21. The average Bonchev–Trinajstić information content (AvgIpc) is 3.72. The number of carbonyl (C=O) groups excluding carboxylic acids is 1. The first-order valence-corrected chi connectivity index (χ1v) is 16.0. The van der Waals surface area contributed by atoms with Crippen LogP contribution in [-0.4, -0.2) is 65.2 Å². The van der Waals surface area contributed by atoms with Crippen LogP contribution in [0.1, 0.15) is 102 Å². The average molecular weight is 570 g/mol.